The third-order valence-electron chi connectivity index (χ3n) is 5.48. The van der Waals surface area contributed by atoms with E-state index in [4.69, 9.17) is 0 Å². The van der Waals surface area contributed by atoms with Gasteiger partial charge in [-0.2, -0.15) is 0 Å². The van der Waals surface area contributed by atoms with Crippen LogP contribution in [0, 0.1) is 3.57 Å². The van der Waals surface area contributed by atoms with Crippen molar-refractivity contribution in [1.82, 2.24) is 0 Å². The predicted molar refractivity (Wildman–Crippen MR) is 124 cm³/mol. The molecule has 0 saturated heterocycles. The van der Waals surface area contributed by atoms with Crippen LogP contribution in [-0.2, 0) is 5.41 Å². The first kappa shape index (κ1) is 17.2. The molecule has 0 spiro atoms. The number of rotatable bonds is 2. The average Bonchev–Trinajstić information content (AvgIpc) is 2.99. The molecule has 0 N–H and O–H groups in total. The molecular weight excluding hydrogens is 507 g/mol. The van der Waals surface area contributed by atoms with Gasteiger partial charge >= 0.3 is 0 Å². The van der Waals surface area contributed by atoms with Crippen LogP contribution in [0.1, 0.15) is 22.3 Å². The fourth-order valence-corrected chi connectivity index (χ4v) is 5.29. The molecule has 4 aromatic carbocycles. The van der Waals surface area contributed by atoms with Crippen molar-refractivity contribution >= 4 is 38.5 Å². The zero-order valence-corrected chi connectivity index (χ0v) is 18.2. The molecule has 130 valence electrons. The van der Waals surface area contributed by atoms with Crippen LogP contribution in [0.5, 0.6) is 0 Å². The first-order valence-corrected chi connectivity index (χ1v) is 10.8. The SMILES string of the molecule is Brc1ccc2c(c1)C(c1ccccc1)(c1ccccc1)c1cc(I)ccc1-2. The molecule has 0 radical (unpaired) electrons. The summed E-state index contributed by atoms with van der Waals surface area (Å²) in [7, 11) is 0. The topological polar surface area (TPSA) is 0 Å². The summed E-state index contributed by atoms with van der Waals surface area (Å²) in [6.07, 6.45) is 0. The van der Waals surface area contributed by atoms with E-state index in [0.717, 1.165) is 4.47 Å². The van der Waals surface area contributed by atoms with E-state index in [-0.39, 0.29) is 5.41 Å². The summed E-state index contributed by atoms with van der Waals surface area (Å²) in [6.45, 7) is 0. The molecule has 1 aliphatic rings. The fraction of sp³-hybridized carbons (Fsp3) is 0.0400. The lowest BCUT2D eigenvalue weighted by atomic mass is 9.68. The highest BCUT2D eigenvalue weighted by Gasteiger charge is 2.46. The monoisotopic (exact) mass is 522 g/mol. The van der Waals surface area contributed by atoms with Crippen LogP contribution < -0.4 is 0 Å². The van der Waals surface area contributed by atoms with Crippen molar-refractivity contribution in [2.75, 3.05) is 0 Å². The summed E-state index contributed by atoms with van der Waals surface area (Å²) in [4.78, 5) is 0. The van der Waals surface area contributed by atoms with E-state index in [9.17, 15) is 0 Å². The number of halogens is 2. The van der Waals surface area contributed by atoms with Gasteiger partial charge in [0.25, 0.3) is 0 Å². The molecule has 0 heterocycles. The van der Waals surface area contributed by atoms with E-state index in [0.29, 0.717) is 0 Å². The normalized spacial score (nSPS) is 13.9. The Morgan fingerprint density at radius 2 is 1.11 bits per heavy atom. The van der Waals surface area contributed by atoms with Crippen molar-refractivity contribution in [2.45, 2.75) is 5.41 Å². The summed E-state index contributed by atoms with van der Waals surface area (Å²) >= 11 is 6.14. The molecule has 1 aliphatic carbocycles. The Balaban J connectivity index is 2.00. The largest absolute Gasteiger partial charge is 0.0714 e. The first-order chi connectivity index (χ1) is 13.2. The molecule has 0 nitrogen and oxygen atoms in total. The van der Waals surface area contributed by atoms with Gasteiger partial charge in [-0.1, -0.05) is 88.7 Å². The third-order valence-corrected chi connectivity index (χ3v) is 6.64. The van der Waals surface area contributed by atoms with Crippen molar-refractivity contribution in [3.63, 3.8) is 0 Å². The summed E-state index contributed by atoms with van der Waals surface area (Å²) < 4.78 is 2.37. The number of hydrogen-bond acceptors (Lipinski definition) is 0. The van der Waals surface area contributed by atoms with Crippen LogP contribution in [0.25, 0.3) is 11.1 Å². The maximum Gasteiger partial charge on any atom is 0.0714 e. The highest BCUT2D eigenvalue weighted by molar-refractivity contribution is 14.1. The highest BCUT2D eigenvalue weighted by atomic mass is 127. The Morgan fingerprint density at radius 1 is 0.593 bits per heavy atom. The lowest BCUT2D eigenvalue weighted by Crippen LogP contribution is -2.28. The van der Waals surface area contributed by atoms with E-state index in [1.54, 1.807) is 0 Å². The van der Waals surface area contributed by atoms with Crippen LogP contribution in [0.2, 0.25) is 0 Å². The Labute approximate surface area is 181 Å². The Kier molecular flexibility index (Phi) is 4.21. The second-order valence-electron chi connectivity index (χ2n) is 6.86. The van der Waals surface area contributed by atoms with Gasteiger partial charge in [0.05, 0.1) is 5.41 Å². The van der Waals surface area contributed by atoms with Crippen molar-refractivity contribution in [3.8, 4) is 11.1 Å². The van der Waals surface area contributed by atoms with Gasteiger partial charge in [-0.05, 0) is 80.2 Å². The Morgan fingerprint density at radius 3 is 1.70 bits per heavy atom. The molecule has 0 unspecified atom stereocenters. The van der Waals surface area contributed by atoms with Crippen molar-refractivity contribution in [3.05, 3.63) is 127 Å². The standard InChI is InChI=1S/C25H16BrI/c26-19-11-13-21-22-14-12-20(27)16-24(22)25(23(21)15-19,17-7-3-1-4-8-17)18-9-5-2-6-10-18/h1-16H. The smallest absolute Gasteiger partial charge is 0.0622 e. The molecule has 4 aromatic rings. The van der Waals surface area contributed by atoms with Crippen molar-refractivity contribution in [2.24, 2.45) is 0 Å². The van der Waals surface area contributed by atoms with E-state index in [1.165, 1.54) is 37.0 Å². The van der Waals surface area contributed by atoms with Gasteiger partial charge < -0.3 is 0 Å². The quantitative estimate of drug-likeness (QED) is 0.212. The van der Waals surface area contributed by atoms with Crippen LogP contribution in [0.3, 0.4) is 0 Å². The molecule has 0 amide bonds. The number of fused-ring (bicyclic) bond motifs is 3. The molecule has 0 saturated carbocycles. The first-order valence-electron chi connectivity index (χ1n) is 8.93. The minimum Gasteiger partial charge on any atom is -0.0622 e. The van der Waals surface area contributed by atoms with Gasteiger partial charge in [-0.3, -0.25) is 0 Å². The zero-order valence-electron chi connectivity index (χ0n) is 14.5. The van der Waals surface area contributed by atoms with Crippen LogP contribution >= 0.6 is 38.5 Å². The lowest BCUT2D eigenvalue weighted by Gasteiger charge is -2.34. The molecule has 0 bridgehead atoms. The Bertz CT molecular complexity index is 1040. The molecule has 27 heavy (non-hydrogen) atoms. The lowest BCUT2D eigenvalue weighted by molar-refractivity contribution is 0.767. The molecule has 0 atom stereocenters. The zero-order chi connectivity index (χ0) is 18.4. The molecule has 0 aromatic heterocycles. The second-order valence-corrected chi connectivity index (χ2v) is 9.02. The van der Waals surface area contributed by atoms with Crippen LogP contribution in [0.4, 0.5) is 0 Å². The van der Waals surface area contributed by atoms with E-state index >= 15 is 0 Å². The summed E-state index contributed by atoms with van der Waals surface area (Å²) in [5.41, 5.74) is 7.64. The van der Waals surface area contributed by atoms with Gasteiger partial charge in [0, 0.05) is 8.04 Å². The van der Waals surface area contributed by atoms with Gasteiger partial charge in [-0.15, -0.1) is 0 Å². The third kappa shape index (κ3) is 2.54. The summed E-state index contributed by atoms with van der Waals surface area (Å²) in [5, 5.41) is 0. The molecule has 0 fully saturated rings. The fourth-order valence-electron chi connectivity index (χ4n) is 4.43. The van der Waals surface area contributed by atoms with Gasteiger partial charge in [0.1, 0.15) is 0 Å². The van der Waals surface area contributed by atoms with Crippen molar-refractivity contribution < 1.29 is 0 Å². The van der Waals surface area contributed by atoms with Gasteiger partial charge in [0.15, 0.2) is 0 Å². The van der Waals surface area contributed by atoms with E-state index < -0.39 is 0 Å². The average molecular weight is 523 g/mol. The summed E-state index contributed by atoms with van der Waals surface area (Å²) in [5.74, 6) is 0. The van der Waals surface area contributed by atoms with E-state index in [2.05, 4.69) is 136 Å². The maximum atomic E-state index is 3.72. The maximum absolute atomic E-state index is 3.72. The predicted octanol–water partition coefficient (Wildman–Crippen LogP) is 7.42. The summed E-state index contributed by atoms with van der Waals surface area (Å²) in [6, 6.07) is 35.3. The molecule has 2 heteroatoms. The minimum atomic E-state index is -0.307. The highest BCUT2D eigenvalue weighted by Crippen LogP contribution is 2.56. The molecular formula is C25H16BrI. The van der Waals surface area contributed by atoms with E-state index in [1.807, 2.05) is 0 Å². The molecule has 5 rings (SSSR count). The number of benzene rings is 4. The minimum absolute atomic E-state index is 0.307. The Hall–Kier alpha value is -1.91. The van der Waals surface area contributed by atoms with Gasteiger partial charge in [-0.25, -0.2) is 0 Å². The second kappa shape index (κ2) is 6.61. The van der Waals surface area contributed by atoms with Crippen molar-refractivity contribution in [1.29, 1.82) is 0 Å². The van der Waals surface area contributed by atoms with Gasteiger partial charge in [0.2, 0.25) is 0 Å². The number of hydrogen-bond donors (Lipinski definition) is 0. The molecule has 0 aliphatic heterocycles. The van der Waals surface area contributed by atoms with Crippen LogP contribution in [-0.4, -0.2) is 0 Å². The van der Waals surface area contributed by atoms with Crippen LogP contribution in [0.15, 0.2) is 102 Å².